The van der Waals surface area contributed by atoms with Gasteiger partial charge in [0.25, 0.3) is 0 Å². The summed E-state index contributed by atoms with van der Waals surface area (Å²) in [5.74, 6) is 0. The molecule has 2 aliphatic rings. The fourth-order valence-electron chi connectivity index (χ4n) is 3.60. The van der Waals surface area contributed by atoms with Crippen molar-refractivity contribution in [1.82, 2.24) is 9.03 Å². The van der Waals surface area contributed by atoms with Crippen LogP contribution < -0.4 is 4.72 Å². The van der Waals surface area contributed by atoms with E-state index in [9.17, 15) is 16.8 Å². The van der Waals surface area contributed by atoms with Crippen LogP contribution in [0.25, 0.3) is 6.08 Å². The van der Waals surface area contributed by atoms with Gasteiger partial charge in [0.15, 0.2) is 0 Å². The number of hydrogen-bond acceptors (Lipinski definition) is 5. The fourth-order valence-corrected chi connectivity index (χ4v) is 6.21. The topological polar surface area (TPSA) is 92.8 Å². The molecule has 0 bridgehead atoms. The minimum atomic E-state index is -3.61. The SMILES string of the molecule is O=S(=O)(NCc1ccc(S(=O)(=O)N2CCOCC2)cc1)C1=Cc2ccccc2CC1. The summed E-state index contributed by atoms with van der Waals surface area (Å²) in [5.41, 5.74) is 2.77. The Labute approximate surface area is 177 Å². The number of ether oxygens (including phenoxy) is 1. The monoisotopic (exact) mass is 448 g/mol. The largest absolute Gasteiger partial charge is 0.379 e. The first-order valence-corrected chi connectivity index (χ1v) is 12.7. The number of rotatable bonds is 6. The third-order valence-corrected chi connectivity index (χ3v) is 8.80. The Bertz CT molecular complexity index is 1150. The number of benzene rings is 2. The van der Waals surface area contributed by atoms with E-state index in [4.69, 9.17) is 4.74 Å². The molecule has 0 radical (unpaired) electrons. The molecule has 0 amide bonds. The van der Waals surface area contributed by atoms with E-state index in [2.05, 4.69) is 4.72 Å². The van der Waals surface area contributed by atoms with Gasteiger partial charge in [0.1, 0.15) is 0 Å². The van der Waals surface area contributed by atoms with Gasteiger partial charge < -0.3 is 4.74 Å². The van der Waals surface area contributed by atoms with Crippen molar-refractivity contribution in [3.63, 3.8) is 0 Å². The van der Waals surface area contributed by atoms with E-state index in [1.807, 2.05) is 24.3 Å². The highest BCUT2D eigenvalue weighted by Gasteiger charge is 2.26. The highest BCUT2D eigenvalue weighted by atomic mass is 32.2. The molecule has 4 rings (SSSR count). The van der Waals surface area contributed by atoms with Crippen molar-refractivity contribution >= 4 is 26.1 Å². The summed E-state index contributed by atoms with van der Waals surface area (Å²) in [4.78, 5) is 0.565. The zero-order valence-electron chi connectivity index (χ0n) is 16.5. The molecule has 0 atom stereocenters. The first-order chi connectivity index (χ1) is 14.4. The summed E-state index contributed by atoms with van der Waals surface area (Å²) >= 11 is 0. The van der Waals surface area contributed by atoms with E-state index >= 15 is 0 Å². The number of fused-ring (bicyclic) bond motifs is 1. The molecular formula is C21H24N2O5S2. The quantitative estimate of drug-likeness (QED) is 0.731. The zero-order valence-corrected chi connectivity index (χ0v) is 18.1. The molecule has 0 spiro atoms. The van der Waals surface area contributed by atoms with Gasteiger partial charge in [0, 0.05) is 19.6 Å². The number of sulfonamides is 2. The second kappa shape index (κ2) is 8.60. The van der Waals surface area contributed by atoms with Crippen LogP contribution in [0.15, 0.2) is 58.3 Å². The molecule has 1 fully saturated rings. The number of allylic oxidation sites excluding steroid dienone is 1. The first-order valence-electron chi connectivity index (χ1n) is 9.81. The maximum absolute atomic E-state index is 12.7. The van der Waals surface area contributed by atoms with Crippen molar-refractivity contribution in [3.05, 3.63) is 70.1 Å². The maximum Gasteiger partial charge on any atom is 0.243 e. The summed E-state index contributed by atoms with van der Waals surface area (Å²) in [7, 11) is -7.17. The van der Waals surface area contributed by atoms with E-state index in [-0.39, 0.29) is 11.4 Å². The van der Waals surface area contributed by atoms with E-state index in [1.165, 1.54) is 16.4 Å². The smallest absolute Gasteiger partial charge is 0.243 e. The molecule has 7 nitrogen and oxygen atoms in total. The van der Waals surface area contributed by atoms with Gasteiger partial charge in [0.2, 0.25) is 20.0 Å². The molecule has 1 N–H and O–H groups in total. The van der Waals surface area contributed by atoms with Crippen molar-refractivity contribution in [2.45, 2.75) is 24.3 Å². The van der Waals surface area contributed by atoms with Crippen LogP contribution in [0.2, 0.25) is 0 Å². The van der Waals surface area contributed by atoms with Gasteiger partial charge in [-0.15, -0.1) is 0 Å². The third kappa shape index (κ3) is 4.50. The minimum absolute atomic E-state index is 0.0964. The van der Waals surface area contributed by atoms with E-state index in [0.717, 1.165) is 11.1 Å². The lowest BCUT2D eigenvalue weighted by Gasteiger charge is -2.26. The van der Waals surface area contributed by atoms with E-state index in [0.29, 0.717) is 49.6 Å². The predicted molar refractivity (Wildman–Crippen MR) is 115 cm³/mol. The Morgan fingerprint density at radius 2 is 1.60 bits per heavy atom. The molecule has 0 saturated carbocycles. The lowest BCUT2D eigenvalue weighted by atomic mass is 9.98. The van der Waals surface area contributed by atoms with E-state index < -0.39 is 20.0 Å². The minimum Gasteiger partial charge on any atom is -0.379 e. The summed E-state index contributed by atoms with van der Waals surface area (Å²) in [6.45, 7) is 1.54. The summed E-state index contributed by atoms with van der Waals surface area (Å²) < 4.78 is 60.0. The van der Waals surface area contributed by atoms with Gasteiger partial charge in [-0.3, -0.25) is 0 Å². The second-order valence-corrected chi connectivity index (χ2v) is 11.1. The molecular weight excluding hydrogens is 424 g/mol. The average Bonchev–Trinajstić information content (AvgIpc) is 2.78. The van der Waals surface area contributed by atoms with Crippen LogP contribution in [0, 0.1) is 0 Å². The van der Waals surface area contributed by atoms with Crippen molar-refractivity contribution in [3.8, 4) is 0 Å². The van der Waals surface area contributed by atoms with Crippen molar-refractivity contribution in [2.24, 2.45) is 0 Å². The highest BCUT2D eigenvalue weighted by molar-refractivity contribution is 7.93. The molecule has 160 valence electrons. The molecule has 1 aliphatic carbocycles. The van der Waals surface area contributed by atoms with Crippen LogP contribution >= 0.6 is 0 Å². The van der Waals surface area contributed by atoms with Gasteiger partial charge in [-0.05, 0) is 47.7 Å². The normalized spacial score (nSPS) is 17.9. The van der Waals surface area contributed by atoms with Crippen LogP contribution in [0.3, 0.4) is 0 Å². The number of morpholine rings is 1. The van der Waals surface area contributed by atoms with Gasteiger partial charge in [-0.25, -0.2) is 21.6 Å². The number of nitrogens with zero attached hydrogens (tertiary/aromatic N) is 1. The van der Waals surface area contributed by atoms with Gasteiger partial charge in [-0.2, -0.15) is 4.31 Å². The lowest BCUT2D eigenvalue weighted by molar-refractivity contribution is 0.0730. The van der Waals surface area contributed by atoms with Gasteiger partial charge >= 0.3 is 0 Å². The third-order valence-electron chi connectivity index (χ3n) is 5.35. The van der Waals surface area contributed by atoms with Crippen LogP contribution in [-0.4, -0.2) is 47.4 Å². The predicted octanol–water partition coefficient (Wildman–Crippen LogP) is 2.11. The molecule has 9 heteroatoms. The van der Waals surface area contributed by atoms with E-state index in [1.54, 1.807) is 18.2 Å². The highest BCUT2D eigenvalue weighted by Crippen LogP contribution is 2.26. The molecule has 2 aromatic rings. The van der Waals surface area contributed by atoms with Crippen LogP contribution in [0.5, 0.6) is 0 Å². The molecule has 0 unspecified atom stereocenters. The molecule has 1 saturated heterocycles. The van der Waals surface area contributed by atoms with Crippen molar-refractivity contribution in [2.75, 3.05) is 26.3 Å². The van der Waals surface area contributed by atoms with Crippen LogP contribution in [-0.2, 0) is 37.7 Å². The zero-order chi connectivity index (χ0) is 21.2. The number of nitrogens with one attached hydrogen (secondary N) is 1. The van der Waals surface area contributed by atoms with Gasteiger partial charge in [-0.1, -0.05) is 36.4 Å². The second-order valence-electron chi connectivity index (χ2n) is 7.29. The molecule has 1 aliphatic heterocycles. The Kier molecular flexibility index (Phi) is 6.08. The lowest BCUT2D eigenvalue weighted by Crippen LogP contribution is -2.40. The summed E-state index contributed by atoms with van der Waals surface area (Å²) in [6.07, 6.45) is 2.87. The summed E-state index contributed by atoms with van der Waals surface area (Å²) in [6, 6.07) is 14.1. The first kappa shape index (κ1) is 21.2. The summed E-state index contributed by atoms with van der Waals surface area (Å²) in [5, 5.41) is 0. The van der Waals surface area contributed by atoms with Crippen molar-refractivity contribution < 1.29 is 21.6 Å². The van der Waals surface area contributed by atoms with Gasteiger partial charge in [0.05, 0.1) is 23.0 Å². The fraction of sp³-hybridized carbons (Fsp3) is 0.333. The standard InChI is InChI=1S/C21H24N2O5S2/c24-29(25,21-10-7-18-3-1-2-4-19(18)15-21)22-16-17-5-8-20(9-6-17)30(26,27)23-11-13-28-14-12-23/h1-6,8-9,15,22H,7,10-14,16H2. The Balaban J connectivity index is 1.43. The Morgan fingerprint density at radius 1 is 0.900 bits per heavy atom. The molecule has 2 aromatic carbocycles. The molecule has 1 heterocycles. The van der Waals surface area contributed by atoms with Crippen molar-refractivity contribution in [1.29, 1.82) is 0 Å². The number of hydrogen-bond donors (Lipinski definition) is 1. The van der Waals surface area contributed by atoms with Crippen LogP contribution in [0.4, 0.5) is 0 Å². The number of aryl methyl sites for hydroxylation is 1. The maximum atomic E-state index is 12.7. The Hall–Kier alpha value is -2.04. The van der Waals surface area contributed by atoms with Crippen LogP contribution in [0.1, 0.15) is 23.1 Å². The molecule has 0 aromatic heterocycles. The average molecular weight is 449 g/mol. The Morgan fingerprint density at radius 3 is 2.33 bits per heavy atom. The molecule has 30 heavy (non-hydrogen) atoms.